The molecule has 0 saturated heterocycles. The van der Waals surface area contributed by atoms with Crippen LogP contribution in [0, 0.1) is 0 Å². The second kappa shape index (κ2) is 11.9. The second-order valence-electron chi connectivity index (χ2n) is 6.90. The number of carbonyl (C=O) groups is 1. The molecule has 2 N–H and O–H groups in total. The van der Waals surface area contributed by atoms with Gasteiger partial charge in [0.2, 0.25) is 5.91 Å². The molecule has 0 radical (unpaired) electrons. The van der Waals surface area contributed by atoms with Crippen molar-refractivity contribution in [1.82, 2.24) is 5.32 Å². The van der Waals surface area contributed by atoms with E-state index < -0.39 is 15.6 Å². The highest BCUT2D eigenvalue weighted by molar-refractivity contribution is 8.48. The number of nitrogens with one attached hydrogen (secondary N) is 1. The molecule has 0 rings (SSSR count). The molecule has 9 heteroatoms. The third-order valence-corrected chi connectivity index (χ3v) is 4.74. The number of halogens is 5. The molecule has 0 spiro atoms. The van der Waals surface area contributed by atoms with E-state index in [1.54, 1.807) is 0 Å². The molecule has 0 atom stereocenters. The molecule has 0 aromatic carbocycles. The predicted octanol–water partition coefficient (Wildman–Crippen LogP) is 6.98. The third kappa shape index (κ3) is 23.1. The molecule has 0 aliphatic rings. The maximum atomic E-state index is 12.0. The van der Waals surface area contributed by atoms with Crippen LogP contribution >= 0.6 is 10.2 Å². The summed E-state index contributed by atoms with van der Waals surface area (Å²) in [5, 5.41) is 10.7. The van der Waals surface area contributed by atoms with Crippen molar-refractivity contribution in [3.05, 3.63) is 11.5 Å². The number of hydrogen-bond acceptors (Lipinski definition) is 2. The van der Waals surface area contributed by atoms with E-state index in [1.165, 1.54) is 0 Å². The van der Waals surface area contributed by atoms with Crippen molar-refractivity contribution >= 4 is 16.1 Å². The minimum Gasteiger partial charge on any atom is -0.396 e. The number of aliphatic hydroxyl groups is 1. The fourth-order valence-corrected chi connectivity index (χ4v) is 3.09. The summed E-state index contributed by atoms with van der Waals surface area (Å²) in [6, 6.07) is 0. The zero-order valence-corrected chi connectivity index (χ0v) is 16.7. The SMILES string of the molecule is O=C(CCCCCCCCC/C=C/S(F)(F)(F)(F)F)NCCCCCCO. The minimum atomic E-state index is -9.39. The highest BCUT2D eigenvalue weighted by Gasteiger charge is 2.60. The van der Waals surface area contributed by atoms with E-state index in [0.717, 1.165) is 57.8 Å². The van der Waals surface area contributed by atoms with E-state index in [-0.39, 0.29) is 18.9 Å². The Kier molecular flexibility index (Phi) is 11.5. The minimum absolute atomic E-state index is 0.00573. The van der Waals surface area contributed by atoms with Gasteiger partial charge in [-0.25, -0.2) is 0 Å². The maximum Gasteiger partial charge on any atom is 0.304 e. The highest BCUT2D eigenvalue weighted by Crippen LogP contribution is 2.98. The standard InChI is InChI=1S/C18H34F5NO2S/c19-27(20,21,22,23)17-13-9-5-3-1-2-4-6-10-14-18(26)24-15-11-7-8-12-16-25/h13,17,25H,1-12,14-16H2,(H,24,26)/b17-13+. The van der Waals surface area contributed by atoms with Crippen molar-refractivity contribution in [2.45, 2.75) is 83.5 Å². The lowest BCUT2D eigenvalue weighted by Crippen LogP contribution is -2.23. The number of hydrogen-bond donors (Lipinski definition) is 2. The van der Waals surface area contributed by atoms with Gasteiger partial charge in [0.1, 0.15) is 0 Å². The average Bonchev–Trinajstić information content (AvgIpc) is 2.53. The Hall–Kier alpha value is -0.830. The Morgan fingerprint density at radius 1 is 0.778 bits per heavy atom. The summed E-state index contributed by atoms with van der Waals surface area (Å²) >= 11 is 0. The van der Waals surface area contributed by atoms with Crippen LogP contribution in [-0.4, -0.2) is 24.2 Å². The van der Waals surface area contributed by atoms with Crippen molar-refractivity contribution in [2.24, 2.45) is 0 Å². The van der Waals surface area contributed by atoms with Crippen LogP contribution in [-0.2, 0) is 4.79 Å². The molecule has 0 fully saturated rings. The third-order valence-electron chi connectivity index (χ3n) is 4.04. The molecule has 27 heavy (non-hydrogen) atoms. The topological polar surface area (TPSA) is 49.3 Å². The summed E-state index contributed by atoms with van der Waals surface area (Å²) in [4.78, 5) is 11.6. The van der Waals surface area contributed by atoms with E-state index in [2.05, 4.69) is 5.32 Å². The van der Waals surface area contributed by atoms with Gasteiger partial charge in [-0.15, -0.1) is 0 Å². The molecule has 0 aromatic rings. The average molecular weight is 424 g/mol. The zero-order valence-electron chi connectivity index (χ0n) is 15.9. The molecule has 0 saturated carbocycles. The van der Waals surface area contributed by atoms with E-state index >= 15 is 0 Å². The van der Waals surface area contributed by atoms with Gasteiger partial charge in [0, 0.05) is 19.6 Å². The van der Waals surface area contributed by atoms with Crippen molar-refractivity contribution in [3.63, 3.8) is 0 Å². The lowest BCUT2D eigenvalue weighted by Gasteiger charge is -2.36. The molecule has 0 heterocycles. The summed E-state index contributed by atoms with van der Waals surface area (Å²) < 4.78 is 60.1. The van der Waals surface area contributed by atoms with Crippen molar-refractivity contribution in [3.8, 4) is 0 Å². The molecule has 1 amide bonds. The van der Waals surface area contributed by atoms with Gasteiger partial charge in [0.25, 0.3) is 0 Å². The van der Waals surface area contributed by atoms with E-state index in [1.807, 2.05) is 0 Å². The highest BCUT2D eigenvalue weighted by atomic mass is 32.5. The predicted molar refractivity (Wildman–Crippen MR) is 102 cm³/mol. The lowest BCUT2D eigenvalue weighted by atomic mass is 10.1. The number of rotatable bonds is 17. The smallest absolute Gasteiger partial charge is 0.304 e. The largest absolute Gasteiger partial charge is 0.396 e. The van der Waals surface area contributed by atoms with Crippen LogP contribution in [0.3, 0.4) is 0 Å². The van der Waals surface area contributed by atoms with Crippen LogP contribution in [0.25, 0.3) is 0 Å². The molecule has 0 unspecified atom stereocenters. The summed E-state index contributed by atoms with van der Waals surface area (Å²) in [5.74, 6) is 0.0490. The van der Waals surface area contributed by atoms with Gasteiger partial charge in [-0.3, -0.25) is 4.79 Å². The first-order valence-corrected chi connectivity index (χ1v) is 11.7. The lowest BCUT2D eigenvalue weighted by molar-refractivity contribution is -0.121. The van der Waals surface area contributed by atoms with Crippen LogP contribution < -0.4 is 5.32 Å². The first kappa shape index (κ1) is 26.2. The van der Waals surface area contributed by atoms with E-state index in [4.69, 9.17) is 5.11 Å². The Balaban J connectivity index is 3.40. The van der Waals surface area contributed by atoms with E-state index in [9.17, 15) is 24.2 Å². The number of amides is 1. The summed E-state index contributed by atoms with van der Waals surface area (Å²) in [7, 11) is -9.39. The number of aliphatic hydroxyl groups excluding tert-OH is 1. The Labute approximate surface area is 159 Å². The molecule has 0 aliphatic carbocycles. The van der Waals surface area contributed by atoms with Crippen LogP contribution in [0.2, 0.25) is 0 Å². The fourth-order valence-electron chi connectivity index (χ4n) is 2.59. The molecule has 0 aliphatic heterocycles. The van der Waals surface area contributed by atoms with Gasteiger partial charge in [-0.05, 0) is 32.1 Å². The van der Waals surface area contributed by atoms with Crippen LogP contribution in [0.5, 0.6) is 0 Å². The molecule has 0 aromatic heterocycles. The summed E-state index contributed by atoms with van der Waals surface area (Å²) in [6.07, 6.45) is 10.4. The number of unbranched alkanes of at least 4 members (excludes halogenated alkanes) is 10. The Morgan fingerprint density at radius 2 is 1.30 bits per heavy atom. The van der Waals surface area contributed by atoms with Gasteiger partial charge < -0.3 is 10.4 Å². The molecular formula is C18H34F5NO2S. The van der Waals surface area contributed by atoms with Gasteiger partial charge >= 0.3 is 10.2 Å². The van der Waals surface area contributed by atoms with Gasteiger partial charge in [0.05, 0.1) is 5.41 Å². The summed E-state index contributed by atoms with van der Waals surface area (Å²) in [6.45, 7) is 0.877. The number of carbonyl (C=O) groups excluding carboxylic acids is 1. The van der Waals surface area contributed by atoms with Gasteiger partial charge in [0.15, 0.2) is 0 Å². The van der Waals surface area contributed by atoms with E-state index in [0.29, 0.717) is 31.9 Å². The fraction of sp³-hybridized carbons (Fsp3) is 0.833. The molecule has 164 valence electrons. The zero-order chi connectivity index (χ0) is 20.7. The van der Waals surface area contributed by atoms with Crippen LogP contribution in [0.15, 0.2) is 11.5 Å². The van der Waals surface area contributed by atoms with Gasteiger partial charge in [-0.2, -0.15) is 0 Å². The quantitative estimate of drug-likeness (QED) is 0.196. The Morgan fingerprint density at radius 3 is 1.89 bits per heavy atom. The molecular weight excluding hydrogens is 389 g/mol. The molecule has 0 bridgehead atoms. The van der Waals surface area contributed by atoms with Crippen molar-refractivity contribution in [1.29, 1.82) is 0 Å². The first-order chi connectivity index (χ1) is 12.4. The maximum absolute atomic E-state index is 12.0. The van der Waals surface area contributed by atoms with Crippen LogP contribution in [0.4, 0.5) is 19.4 Å². The summed E-state index contributed by atoms with van der Waals surface area (Å²) in [5.41, 5.74) is 0. The normalized spacial score (nSPS) is 14.9. The first-order valence-electron chi connectivity index (χ1n) is 9.73. The van der Waals surface area contributed by atoms with Crippen molar-refractivity contribution in [2.75, 3.05) is 13.2 Å². The second-order valence-corrected chi connectivity index (χ2v) is 9.23. The number of allylic oxidation sites excluding steroid dienone is 1. The Bertz CT molecular complexity index is 440. The monoisotopic (exact) mass is 423 g/mol. The van der Waals surface area contributed by atoms with Gasteiger partial charge in [-0.1, -0.05) is 70.5 Å². The van der Waals surface area contributed by atoms with Crippen LogP contribution in [0.1, 0.15) is 83.5 Å². The van der Waals surface area contributed by atoms with Crippen molar-refractivity contribution < 1.29 is 29.3 Å². The molecule has 3 nitrogen and oxygen atoms in total.